The van der Waals surface area contributed by atoms with Crippen molar-refractivity contribution < 1.29 is 28.2 Å². The molecule has 0 bridgehead atoms. The molecule has 0 spiro atoms. The van der Waals surface area contributed by atoms with Crippen LogP contribution in [0.25, 0.3) is 0 Å². The maximum atomic E-state index is 13.7. The highest BCUT2D eigenvalue weighted by atomic mass is 35.5. The number of halogens is 3. The first kappa shape index (κ1) is 26.6. The minimum absolute atomic E-state index is 0.0132. The van der Waals surface area contributed by atoms with E-state index in [1.54, 1.807) is 42.5 Å². The van der Waals surface area contributed by atoms with Gasteiger partial charge in [-0.25, -0.2) is 13.2 Å². The summed E-state index contributed by atoms with van der Waals surface area (Å²) in [5.41, 5.74) is 1.79. The van der Waals surface area contributed by atoms with Crippen LogP contribution >= 0.6 is 34.8 Å². The summed E-state index contributed by atoms with van der Waals surface area (Å²) in [4.78, 5) is 24.4. The van der Waals surface area contributed by atoms with Crippen LogP contribution in [0.5, 0.6) is 0 Å². The Kier molecular flexibility index (Phi) is 7.78. The van der Waals surface area contributed by atoms with Crippen LogP contribution in [0.1, 0.15) is 38.7 Å². The number of Topliss-reactive ketones (excluding diaryl/α,β-unsaturated/α-hetero) is 1. The molecule has 0 saturated carbocycles. The third-order valence-electron chi connectivity index (χ3n) is 6.36. The van der Waals surface area contributed by atoms with Crippen molar-refractivity contribution in [2.24, 2.45) is 5.92 Å². The van der Waals surface area contributed by atoms with Crippen LogP contribution in [0.2, 0.25) is 15.1 Å². The van der Waals surface area contributed by atoms with Crippen molar-refractivity contribution >= 4 is 56.4 Å². The third-order valence-corrected chi connectivity index (χ3v) is 9.33. The monoisotopic (exact) mass is 566 g/mol. The Labute approximate surface area is 223 Å². The lowest BCUT2D eigenvalue weighted by Crippen LogP contribution is -2.36. The Morgan fingerprint density at radius 3 is 2.28 bits per heavy atom. The van der Waals surface area contributed by atoms with Crippen LogP contribution in [0.3, 0.4) is 0 Å². The molecule has 1 aliphatic carbocycles. The quantitative estimate of drug-likeness (QED) is 0.360. The van der Waals surface area contributed by atoms with Crippen molar-refractivity contribution in [2.75, 3.05) is 0 Å². The first-order valence-corrected chi connectivity index (χ1v) is 13.7. The molecule has 0 aromatic heterocycles. The fourth-order valence-corrected chi connectivity index (χ4v) is 7.40. The van der Waals surface area contributed by atoms with Gasteiger partial charge in [-0.3, -0.25) is 4.79 Å². The lowest BCUT2D eigenvalue weighted by atomic mass is 9.79. The highest BCUT2D eigenvalue weighted by Gasteiger charge is 2.41. The number of rotatable bonds is 7. The van der Waals surface area contributed by atoms with Crippen LogP contribution in [0.15, 0.2) is 65.6 Å². The molecule has 3 aromatic rings. The third kappa shape index (κ3) is 5.31. The molecule has 188 valence electrons. The molecule has 2 unspecified atom stereocenters. The van der Waals surface area contributed by atoms with E-state index in [0.717, 1.165) is 0 Å². The number of carbonyl (C=O) groups is 2. The molecule has 0 heterocycles. The van der Waals surface area contributed by atoms with Crippen molar-refractivity contribution in [3.63, 3.8) is 0 Å². The topological polar surface area (TPSA) is 109 Å². The van der Waals surface area contributed by atoms with Crippen LogP contribution in [0.4, 0.5) is 0 Å². The minimum atomic E-state index is -4.02. The molecule has 3 atom stereocenters. The Morgan fingerprint density at radius 2 is 1.64 bits per heavy atom. The Bertz CT molecular complexity index is 1430. The molecule has 0 saturated heterocycles. The normalized spacial score (nSPS) is 18.3. The molecule has 0 amide bonds. The smallest absolute Gasteiger partial charge is 0.332 e. The Morgan fingerprint density at radius 1 is 0.972 bits per heavy atom. The fraction of sp³-hybridized carbons (Fsp3) is 0.231. The van der Waals surface area contributed by atoms with Gasteiger partial charge in [-0.2, -0.15) is 0 Å². The number of aliphatic hydroxyl groups is 1. The van der Waals surface area contributed by atoms with E-state index < -0.39 is 33.1 Å². The summed E-state index contributed by atoms with van der Waals surface area (Å²) < 4.78 is 27.4. The number of carboxylic acid groups (broad SMARTS) is 1. The highest BCUT2D eigenvalue weighted by Crippen LogP contribution is 2.43. The minimum Gasteiger partial charge on any atom is -0.479 e. The largest absolute Gasteiger partial charge is 0.479 e. The van der Waals surface area contributed by atoms with E-state index in [2.05, 4.69) is 0 Å². The molecular weight excluding hydrogens is 547 g/mol. The molecule has 3 aromatic carbocycles. The van der Waals surface area contributed by atoms with Crippen molar-refractivity contribution in [2.45, 2.75) is 35.5 Å². The van der Waals surface area contributed by atoms with Gasteiger partial charge in [-0.1, -0.05) is 65.1 Å². The Balaban J connectivity index is 1.76. The molecule has 2 N–H and O–H groups in total. The second kappa shape index (κ2) is 10.5. The van der Waals surface area contributed by atoms with Gasteiger partial charge in [0.25, 0.3) is 0 Å². The lowest BCUT2D eigenvalue weighted by molar-refractivity contribution is -0.149. The number of aliphatic hydroxyl groups excluding tert-OH is 1. The van der Waals surface area contributed by atoms with E-state index in [9.17, 15) is 28.2 Å². The van der Waals surface area contributed by atoms with Gasteiger partial charge in [0, 0.05) is 17.4 Å². The standard InChI is InChI=1S/C26H21Cl3O6S/c27-17-3-1-4-18(13-17)36(34,35)23-12-16(25(31)26(32)33)11-15-8-7-14(9-19(15)23)10-22(30)24-20(28)5-2-6-21(24)29/h1-9,13,16,23,25,31H,10-12H2,(H,32,33)/t16-,23?,25?/m1/s1. The van der Waals surface area contributed by atoms with E-state index in [1.807, 2.05) is 0 Å². The van der Waals surface area contributed by atoms with Crippen LogP contribution in [-0.4, -0.2) is 36.5 Å². The predicted octanol–water partition coefficient (Wildman–Crippen LogP) is 5.60. The number of carbonyl (C=O) groups excluding carboxylic acids is 1. The van der Waals surface area contributed by atoms with Gasteiger partial charge in [0.2, 0.25) is 0 Å². The number of fused-ring (bicyclic) bond motifs is 1. The van der Waals surface area contributed by atoms with E-state index in [-0.39, 0.29) is 50.6 Å². The average Bonchev–Trinajstić information content (AvgIpc) is 2.82. The van der Waals surface area contributed by atoms with E-state index in [0.29, 0.717) is 16.7 Å². The zero-order valence-corrected chi connectivity index (χ0v) is 21.8. The SMILES string of the molecule is O=C(Cc1ccc2c(c1)C(S(=O)(=O)c1cccc(Cl)c1)C[C@H](C(O)C(=O)O)C2)c1c(Cl)cccc1Cl. The Hall–Kier alpha value is -2.42. The summed E-state index contributed by atoms with van der Waals surface area (Å²) in [6.07, 6.45) is -1.72. The second-order valence-corrected chi connectivity index (χ2v) is 12.1. The summed E-state index contributed by atoms with van der Waals surface area (Å²) in [6, 6.07) is 15.6. The molecule has 10 heteroatoms. The maximum Gasteiger partial charge on any atom is 0.332 e. The number of carboxylic acids is 1. The number of ketones is 1. The molecule has 0 fully saturated rings. The van der Waals surface area contributed by atoms with Gasteiger partial charge < -0.3 is 10.2 Å². The molecule has 4 rings (SSSR count). The second-order valence-electron chi connectivity index (χ2n) is 8.70. The van der Waals surface area contributed by atoms with Gasteiger partial charge in [0.1, 0.15) is 0 Å². The highest BCUT2D eigenvalue weighted by molar-refractivity contribution is 7.91. The zero-order valence-electron chi connectivity index (χ0n) is 18.7. The first-order chi connectivity index (χ1) is 17.0. The molecule has 0 radical (unpaired) electrons. The summed E-state index contributed by atoms with van der Waals surface area (Å²) in [7, 11) is -4.02. The molecule has 0 aliphatic heterocycles. The summed E-state index contributed by atoms with van der Waals surface area (Å²) in [5, 5.41) is 19.1. The van der Waals surface area contributed by atoms with Crippen LogP contribution in [-0.2, 0) is 27.5 Å². The van der Waals surface area contributed by atoms with E-state index in [4.69, 9.17) is 34.8 Å². The fourth-order valence-electron chi connectivity index (χ4n) is 4.59. The number of aliphatic carboxylic acids is 1. The van der Waals surface area contributed by atoms with Gasteiger partial charge in [0.15, 0.2) is 21.7 Å². The van der Waals surface area contributed by atoms with Crippen molar-refractivity contribution in [1.82, 2.24) is 0 Å². The van der Waals surface area contributed by atoms with Crippen LogP contribution in [0, 0.1) is 5.92 Å². The van der Waals surface area contributed by atoms with E-state index >= 15 is 0 Å². The first-order valence-electron chi connectivity index (χ1n) is 11.0. The van der Waals surface area contributed by atoms with Gasteiger partial charge in [-0.05, 0) is 59.9 Å². The van der Waals surface area contributed by atoms with Crippen molar-refractivity contribution in [3.05, 3.63) is 98.0 Å². The summed E-state index contributed by atoms with van der Waals surface area (Å²) >= 11 is 18.4. The maximum absolute atomic E-state index is 13.7. The number of hydrogen-bond acceptors (Lipinski definition) is 5. The molecule has 36 heavy (non-hydrogen) atoms. The van der Waals surface area contributed by atoms with Crippen molar-refractivity contribution in [1.29, 1.82) is 0 Å². The summed E-state index contributed by atoms with van der Waals surface area (Å²) in [6.45, 7) is 0. The number of benzene rings is 3. The average molecular weight is 568 g/mol. The molecule has 6 nitrogen and oxygen atoms in total. The van der Waals surface area contributed by atoms with Gasteiger partial charge in [0.05, 0.1) is 25.8 Å². The van der Waals surface area contributed by atoms with Gasteiger partial charge >= 0.3 is 5.97 Å². The predicted molar refractivity (Wildman–Crippen MR) is 138 cm³/mol. The van der Waals surface area contributed by atoms with Gasteiger partial charge in [-0.15, -0.1) is 0 Å². The summed E-state index contributed by atoms with van der Waals surface area (Å²) in [5.74, 6) is -2.56. The van der Waals surface area contributed by atoms with Crippen molar-refractivity contribution in [3.8, 4) is 0 Å². The van der Waals surface area contributed by atoms with E-state index in [1.165, 1.54) is 18.2 Å². The number of sulfone groups is 1. The molecule has 1 aliphatic rings. The lowest BCUT2D eigenvalue weighted by Gasteiger charge is -2.33. The molecular formula is C26H21Cl3O6S. The zero-order chi connectivity index (χ0) is 26.2. The number of hydrogen-bond donors (Lipinski definition) is 2. The van der Waals surface area contributed by atoms with Crippen LogP contribution < -0.4 is 0 Å².